The van der Waals surface area contributed by atoms with E-state index in [1.165, 1.54) is 24.0 Å². The predicted octanol–water partition coefficient (Wildman–Crippen LogP) is 4.44. The van der Waals surface area contributed by atoms with Crippen molar-refractivity contribution in [3.8, 4) is 5.82 Å². The minimum Gasteiger partial charge on any atom is -0.444 e. The largest absolute Gasteiger partial charge is 0.444 e. The normalized spacial score (nSPS) is 14.5. The maximum atomic E-state index is 13.7. The van der Waals surface area contributed by atoms with Gasteiger partial charge < -0.3 is 9.64 Å². The maximum Gasteiger partial charge on any atom is 0.435 e. The van der Waals surface area contributed by atoms with Crippen molar-refractivity contribution in [1.82, 2.24) is 19.7 Å². The highest BCUT2D eigenvalue weighted by atomic mass is 35.5. The van der Waals surface area contributed by atoms with Crippen LogP contribution in [0.3, 0.4) is 0 Å². The Balaban J connectivity index is 2.11. The molecule has 0 spiro atoms. The summed E-state index contributed by atoms with van der Waals surface area (Å²) in [6.45, 7) is 6.10. The van der Waals surface area contributed by atoms with E-state index < -0.39 is 29.3 Å². The summed E-state index contributed by atoms with van der Waals surface area (Å²) in [5, 5.41) is 3.74. The molecular formula is C19H20ClF3N4O3. The number of nitrogens with zero attached hydrogens (tertiary/aromatic N) is 4. The van der Waals surface area contributed by atoms with Crippen molar-refractivity contribution in [3.63, 3.8) is 0 Å². The van der Waals surface area contributed by atoms with E-state index in [9.17, 15) is 22.8 Å². The maximum absolute atomic E-state index is 13.7. The van der Waals surface area contributed by atoms with E-state index in [1.54, 1.807) is 20.8 Å². The smallest absolute Gasteiger partial charge is 0.435 e. The molecule has 2 aromatic heterocycles. The zero-order chi connectivity index (χ0) is 22.4. The van der Waals surface area contributed by atoms with Crippen molar-refractivity contribution >= 4 is 23.5 Å². The van der Waals surface area contributed by atoms with Crippen LogP contribution in [0.2, 0.25) is 5.15 Å². The number of ether oxygens (including phenoxy) is 1. The Labute approximate surface area is 175 Å². The Morgan fingerprint density at radius 3 is 2.43 bits per heavy atom. The Morgan fingerprint density at radius 2 is 1.87 bits per heavy atom. The zero-order valence-electron chi connectivity index (χ0n) is 16.8. The minimum absolute atomic E-state index is 0.0130. The van der Waals surface area contributed by atoms with Gasteiger partial charge in [-0.25, -0.2) is 14.5 Å². The van der Waals surface area contributed by atoms with Crippen LogP contribution in [0.1, 0.15) is 55.0 Å². The lowest BCUT2D eigenvalue weighted by Crippen LogP contribution is -2.40. The third-order valence-corrected chi connectivity index (χ3v) is 4.61. The highest BCUT2D eigenvalue weighted by Crippen LogP contribution is 2.36. The number of hydrogen-bond acceptors (Lipinski definition) is 5. The van der Waals surface area contributed by atoms with Crippen LogP contribution in [0.5, 0.6) is 0 Å². The molecule has 11 heteroatoms. The molecule has 2 aromatic rings. The molecule has 0 aliphatic carbocycles. The van der Waals surface area contributed by atoms with Crippen LogP contribution in [0.15, 0.2) is 12.1 Å². The molecule has 0 aromatic carbocycles. The second kappa shape index (κ2) is 7.57. The van der Waals surface area contributed by atoms with Crippen molar-refractivity contribution in [2.45, 2.75) is 52.4 Å². The number of fused-ring (bicyclic) bond motifs is 1. The number of carbonyl (C=O) groups excluding carboxylic acids is 2. The highest BCUT2D eigenvalue weighted by molar-refractivity contribution is 6.29. The number of alkyl halides is 3. The number of carbonyl (C=O) groups is 2. The summed E-state index contributed by atoms with van der Waals surface area (Å²) in [5.74, 6) is -0.467. The SMILES string of the molecule is CC(=O)c1ccc(Cl)nc1-n1nc(C(F)(F)F)c2c1CCN(C(=O)OC(C)(C)C)C2. The first kappa shape index (κ1) is 22.1. The summed E-state index contributed by atoms with van der Waals surface area (Å²) in [6.07, 6.45) is -5.40. The standard InChI is InChI=1S/C19H20ClF3N4O3/c1-10(28)11-5-6-14(20)24-16(11)27-13-7-8-26(17(29)30-18(2,3)4)9-12(13)15(25-27)19(21,22)23/h5-6H,7-9H2,1-4H3. The van der Waals surface area contributed by atoms with Crippen LogP contribution in [-0.2, 0) is 23.9 Å². The predicted molar refractivity (Wildman–Crippen MR) is 102 cm³/mol. The van der Waals surface area contributed by atoms with E-state index in [2.05, 4.69) is 10.1 Å². The van der Waals surface area contributed by atoms with Gasteiger partial charge in [0.1, 0.15) is 10.8 Å². The molecule has 0 saturated heterocycles. The van der Waals surface area contributed by atoms with Gasteiger partial charge in [0.2, 0.25) is 0 Å². The number of ketones is 1. The molecule has 3 rings (SSSR count). The Hall–Kier alpha value is -2.62. The number of hydrogen-bond donors (Lipinski definition) is 0. The van der Waals surface area contributed by atoms with Crippen LogP contribution in [0.4, 0.5) is 18.0 Å². The molecule has 1 aliphatic rings. The first-order chi connectivity index (χ1) is 13.8. The molecule has 7 nitrogen and oxygen atoms in total. The van der Waals surface area contributed by atoms with Crippen molar-refractivity contribution in [3.05, 3.63) is 39.8 Å². The number of amides is 1. The molecule has 0 saturated carbocycles. The van der Waals surface area contributed by atoms with Gasteiger partial charge in [-0.3, -0.25) is 4.79 Å². The summed E-state index contributed by atoms with van der Waals surface area (Å²) in [4.78, 5) is 29.6. The van der Waals surface area contributed by atoms with Crippen molar-refractivity contribution in [1.29, 1.82) is 0 Å². The average molecular weight is 445 g/mol. The molecule has 0 atom stereocenters. The summed E-state index contributed by atoms with van der Waals surface area (Å²) >= 11 is 5.92. The molecule has 0 unspecified atom stereocenters. The molecule has 30 heavy (non-hydrogen) atoms. The van der Waals surface area contributed by atoms with Crippen LogP contribution >= 0.6 is 11.6 Å². The van der Waals surface area contributed by atoms with E-state index in [-0.39, 0.29) is 47.3 Å². The third-order valence-electron chi connectivity index (χ3n) is 4.40. The molecule has 1 aliphatic heterocycles. The molecule has 3 heterocycles. The number of Topliss-reactive ketones (excluding diaryl/α,β-unsaturated/α-hetero) is 1. The molecular weight excluding hydrogens is 425 g/mol. The van der Waals surface area contributed by atoms with E-state index in [4.69, 9.17) is 16.3 Å². The first-order valence-electron chi connectivity index (χ1n) is 9.11. The van der Waals surface area contributed by atoms with Gasteiger partial charge in [-0.2, -0.15) is 18.3 Å². The summed E-state index contributed by atoms with van der Waals surface area (Å²) in [7, 11) is 0. The van der Waals surface area contributed by atoms with Crippen LogP contribution < -0.4 is 0 Å². The van der Waals surface area contributed by atoms with Gasteiger partial charge in [0.25, 0.3) is 0 Å². The minimum atomic E-state index is -4.76. The second-order valence-corrected chi connectivity index (χ2v) is 8.28. The molecule has 0 N–H and O–H groups in total. The lowest BCUT2D eigenvalue weighted by atomic mass is 10.0. The Bertz CT molecular complexity index is 1010. The van der Waals surface area contributed by atoms with E-state index in [1.807, 2.05) is 0 Å². The highest BCUT2D eigenvalue weighted by Gasteiger charge is 2.42. The van der Waals surface area contributed by atoms with Crippen LogP contribution in [0, 0.1) is 0 Å². The topological polar surface area (TPSA) is 77.3 Å². The molecule has 1 amide bonds. The van der Waals surface area contributed by atoms with Gasteiger partial charge in [-0.1, -0.05) is 11.6 Å². The van der Waals surface area contributed by atoms with Gasteiger partial charge in [-0.05, 0) is 39.8 Å². The first-order valence-corrected chi connectivity index (χ1v) is 9.49. The fourth-order valence-electron chi connectivity index (χ4n) is 3.17. The number of aromatic nitrogens is 3. The summed E-state index contributed by atoms with van der Waals surface area (Å²) < 4.78 is 47.4. The molecule has 0 fully saturated rings. The fourth-order valence-corrected chi connectivity index (χ4v) is 3.31. The van der Waals surface area contributed by atoms with Crippen LogP contribution in [-0.4, -0.2) is 43.7 Å². The molecule has 0 radical (unpaired) electrons. The van der Waals surface area contributed by atoms with Crippen LogP contribution in [0.25, 0.3) is 5.82 Å². The second-order valence-electron chi connectivity index (χ2n) is 7.90. The lowest BCUT2D eigenvalue weighted by molar-refractivity contribution is -0.142. The van der Waals surface area contributed by atoms with Gasteiger partial charge in [0.15, 0.2) is 17.3 Å². The van der Waals surface area contributed by atoms with Gasteiger partial charge in [-0.15, -0.1) is 0 Å². The third kappa shape index (κ3) is 4.43. The van der Waals surface area contributed by atoms with E-state index in [0.29, 0.717) is 0 Å². The quantitative estimate of drug-likeness (QED) is 0.505. The van der Waals surface area contributed by atoms with Gasteiger partial charge >= 0.3 is 12.3 Å². The fraction of sp³-hybridized carbons (Fsp3) is 0.474. The number of halogens is 4. The molecule has 0 bridgehead atoms. The van der Waals surface area contributed by atoms with Crippen molar-refractivity contribution in [2.24, 2.45) is 0 Å². The average Bonchev–Trinajstić information content (AvgIpc) is 2.98. The zero-order valence-corrected chi connectivity index (χ0v) is 17.6. The number of pyridine rings is 1. The van der Waals surface area contributed by atoms with E-state index >= 15 is 0 Å². The summed E-state index contributed by atoms with van der Waals surface area (Å²) in [6, 6.07) is 2.77. The lowest BCUT2D eigenvalue weighted by Gasteiger charge is -2.30. The Kier molecular flexibility index (Phi) is 5.57. The van der Waals surface area contributed by atoms with Gasteiger partial charge in [0.05, 0.1) is 17.8 Å². The van der Waals surface area contributed by atoms with Gasteiger partial charge in [0, 0.05) is 18.5 Å². The molecule has 162 valence electrons. The van der Waals surface area contributed by atoms with Crippen molar-refractivity contribution in [2.75, 3.05) is 6.54 Å². The Morgan fingerprint density at radius 1 is 1.20 bits per heavy atom. The van der Waals surface area contributed by atoms with Crippen molar-refractivity contribution < 1.29 is 27.5 Å². The number of rotatable bonds is 2. The monoisotopic (exact) mass is 444 g/mol. The van der Waals surface area contributed by atoms with E-state index in [0.717, 1.165) is 4.68 Å². The summed E-state index contributed by atoms with van der Waals surface area (Å²) in [5.41, 5.74) is -1.76.